The fourth-order valence-corrected chi connectivity index (χ4v) is 1.19. The average Bonchev–Trinajstić information content (AvgIpc) is 2.10. The maximum absolute atomic E-state index is 10.5. The molecule has 1 heterocycles. The van der Waals surface area contributed by atoms with Crippen molar-refractivity contribution in [3.8, 4) is 0 Å². The van der Waals surface area contributed by atoms with Gasteiger partial charge in [0.1, 0.15) is 0 Å². The van der Waals surface area contributed by atoms with E-state index in [0.717, 1.165) is 5.56 Å². The summed E-state index contributed by atoms with van der Waals surface area (Å²) in [5.74, 6) is -0.324. The van der Waals surface area contributed by atoms with Crippen molar-refractivity contribution in [1.29, 1.82) is 0 Å². The first kappa shape index (κ1) is 7.34. The summed E-state index contributed by atoms with van der Waals surface area (Å²) in [6, 6.07) is 1.69. The van der Waals surface area contributed by atoms with Crippen molar-refractivity contribution in [1.82, 2.24) is 0 Å². The smallest absolute Gasteiger partial charge is 0.284 e. The van der Waals surface area contributed by atoms with Gasteiger partial charge in [0.15, 0.2) is 10.4 Å². The van der Waals surface area contributed by atoms with E-state index in [1.807, 2.05) is 0 Å². The quantitative estimate of drug-likeness (QED) is 0.752. The highest BCUT2D eigenvalue weighted by Gasteiger charge is 2.09. The van der Waals surface area contributed by atoms with Gasteiger partial charge < -0.3 is 10.2 Å². The van der Waals surface area contributed by atoms with Crippen molar-refractivity contribution in [3.63, 3.8) is 0 Å². The Kier molecular flexibility index (Phi) is 1.80. The zero-order valence-electron chi connectivity index (χ0n) is 5.35. The number of nitrogens with two attached hydrogens (primary N) is 1. The van der Waals surface area contributed by atoms with Crippen LogP contribution in [0, 0.1) is 6.92 Å². The van der Waals surface area contributed by atoms with Gasteiger partial charge in [-0.3, -0.25) is 4.79 Å². The first-order chi connectivity index (χ1) is 4.61. The summed E-state index contributed by atoms with van der Waals surface area (Å²) in [5.41, 5.74) is 5.72. The standard InChI is InChI=1S/C6H6BrNO2/c1-3-2-4(7)10-5(3)6(8)9/h2H,1H3,(H2,8,9). The summed E-state index contributed by atoms with van der Waals surface area (Å²) < 4.78 is 5.44. The van der Waals surface area contributed by atoms with Gasteiger partial charge >= 0.3 is 0 Å². The third-order valence-corrected chi connectivity index (χ3v) is 1.50. The molecule has 10 heavy (non-hydrogen) atoms. The van der Waals surface area contributed by atoms with E-state index < -0.39 is 5.91 Å². The number of hydrogen-bond acceptors (Lipinski definition) is 2. The highest BCUT2D eigenvalue weighted by atomic mass is 79.9. The van der Waals surface area contributed by atoms with Crippen LogP contribution in [-0.2, 0) is 0 Å². The van der Waals surface area contributed by atoms with Crippen LogP contribution in [0.1, 0.15) is 16.1 Å². The van der Waals surface area contributed by atoms with Gasteiger partial charge in [0.2, 0.25) is 0 Å². The van der Waals surface area contributed by atoms with E-state index in [1.165, 1.54) is 0 Å². The molecule has 0 radical (unpaired) electrons. The minimum Gasteiger partial charge on any atom is -0.444 e. The largest absolute Gasteiger partial charge is 0.444 e. The predicted molar refractivity (Wildman–Crippen MR) is 39.7 cm³/mol. The molecule has 0 aliphatic rings. The predicted octanol–water partition coefficient (Wildman–Crippen LogP) is 1.45. The molecule has 0 atom stereocenters. The van der Waals surface area contributed by atoms with Crippen molar-refractivity contribution in [3.05, 3.63) is 22.1 Å². The Morgan fingerprint density at radius 2 is 2.40 bits per heavy atom. The molecule has 0 aliphatic carbocycles. The summed E-state index contributed by atoms with van der Waals surface area (Å²) in [6.45, 7) is 1.76. The number of carbonyl (C=O) groups is 1. The molecular weight excluding hydrogens is 198 g/mol. The molecule has 0 saturated carbocycles. The van der Waals surface area contributed by atoms with Gasteiger partial charge in [-0.1, -0.05) is 0 Å². The number of halogens is 1. The van der Waals surface area contributed by atoms with E-state index in [0.29, 0.717) is 4.67 Å². The summed E-state index contributed by atoms with van der Waals surface area (Å²) in [4.78, 5) is 10.5. The van der Waals surface area contributed by atoms with Crippen molar-refractivity contribution < 1.29 is 9.21 Å². The molecule has 1 amide bonds. The highest BCUT2D eigenvalue weighted by Crippen LogP contribution is 2.18. The van der Waals surface area contributed by atoms with Gasteiger partial charge in [-0.2, -0.15) is 0 Å². The summed E-state index contributed by atoms with van der Waals surface area (Å²) >= 11 is 3.08. The molecule has 0 bridgehead atoms. The normalized spacial score (nSPS) is 9.80. The van der Waals surface area contributed by atoms with Crippen LogP contribution in [0.3, 0.4) is 0 Å². The molecule has 0 aliphatic heterocycles. The number of amides is 1. The maximum atomic E-state index is 10.5. The fourth-order valence-electron chi connectivity index (χ4n) is 0.688. The van der Waals surface area contributed by atoms with E-state index in [-0.39, 0.29) is 5.76 Å². The zero-order chi connectivity index (χ0) is 7.72. The molecular formula is C6H6BrNO2. The first-order valence-electron chi connectivity index (χ1n) is 2.67. The maximum Gasteiger partial charge on any atom is 0.284 e. The Morgan fingerprint density at radius 1 is 1.80 bits per heavy atom. The third kappa shape index (κ3) is 1.21. The van der Waals surface area contributed by atoms with E-state index in [2.05, 4.69) is 15.9 Å². The van der Waals surface area contributed by atoms with Gasteiger partial charge in [-0.05, 0) is 28.9 Å². The number of carbonyl (C=O) groups excluding carboxylic acids is 1. The molecule has 1 aromatic heterocycles. The number of hydrogen-bond donors (Lipinski definition) is 1. The zero-order valence-corrected chi connectivity index (χ0v) is 6.94. The molecule has 2 N–H and O–H groups in total. The lowest BCUT2D eigenvalue weighted by atomic mass is 10.3. The Labute approximate surface area is 66.3 Å². The summed E-state index contributed by atoms with van der Waals surface area (Å²) in [6.07, 6.45) is 0. The fraction of sp³-hybridized carbons (Fsp3) is 0.167. The number of aryl methyl sites for hydroxylation is 1. The molecule has 0 unspecified atom stereocenters. The van der Waals surface area contributed by atoms with Gasteiger partial charge in [-0.15, -0.1) is 0 Å². The lowest BCUT2D eigenvalue weighted by molar-refractivity contribution is 0.0972. The van der Waals surface area contributed by atoms with E-state index >= 15 is 0 Å². The van der Waals surface area contributed by atoms with Crippen LogP contribution in [0.5, 0.6) is 0 Å². The van der Waals surface area contributed by atoms with Crippen LogP contribution < -0.4 is 5.73 Å². The summed E-state index contributed by atoms with van der Waals surface area (Å²) in [7, 11) is 0. The van der Waals surface area contributed by atoms with Crippen molar-refractivity contribution in [2.45, 2.75) is 6.92 Å². The van der Waals surface area contributed by atoms with Gasteiger partial charge in [0, 0.05) is 5.56 Å². The monoisotopic (exact) mass is 203 g/mol. The molecule has 1 rings (SSSR count). The molecule has 0 spiro atoms. The molecule has 0 fully saturated rings. The minimum atomic E-state index is -0.539. The van der Waals surface area contributed by atoms with Crippen LogP contribution in [0.25, 0.3) is 0 Å². The van der Waals surface area contributed by atoms with Gasteiger partial charge in [0.05, 0.1) is 0 Å². The van der Waals surface area contributed by atoms with Crippen molar-refractivity contribution in [2.75, 3.05) is 0 Å². The molecule has 3 nitrogen and oxygen atoms in total. The second-order valence-electron chi connectivity index (χ2n) is 1.93. The first-order valence-corrected chi connectivity index (χ1v) is 3.46. The summed E-state index contributed by atoms with van der Waals surface area (Å²) in [5, 5.41) is 0. The average molecular weight is 204 g/mol. The molecule has 4 heteroatoms. The van der Waals surface area contributed by atoms with Crippen molar-refractivity contribution in [2.24, 2.45) is 5.73 Å². The molecule has 1 aromatic rings. The van der Waals surface area contributed by atoms with Crippen LogP contribution in [-0.4, -0.2) is 5.91 Å². The SMILES string of the molecule is Cc1cc(Br)oc1C(N)=O. The van der Waals surface area contributed by atoms with Crippen LogP contribution >= 0.6 is 15.9 Å². The Hall–Kier alpha value is -0.770. The van der Waals surface area contributed by atoms with E-state index in [1.54, 1.807) is 13.0 Å². The molecule has 54 valence electrons. The Balaban J connectivity index is 3.15. The van der Waals surface area contributed by atoms with E-state index in [4.69, 9.17) is 10.2 Å². The number of rotatable bonds is 1. The van der Waals surface area contributed by atoms with Gasteiger partial charge in [0.25, 0.3) is 5.91 Å². The molecule has 0 saturated heterocycles. The third-order valence-electron chi connectivity index (χ3n) is 1.11. The van der Waals surface area contributed by atoms with Crippen LogP contribution in [0.2, 0.25) is 0 Å². The molecule has 0 aromatic carbocycles. The van der Waals surface area contributed by atoms with E-state index in [9.17, 15) is 4.79 Å². The Bertz CT molecular complexity index is 267. The topological polar surface area (TPSA) is 56.2 Å². The minimum absolute atomic E-state index is 0.215. The highest BCUT2D eigenvalue weighted by molar-refractivity contribution is 9.10. The lowest BCUT2D eigenvalue weighted by Crippen LogP contribution is -2.10. The number of primary amides is 1. The van der Waals surface area contributed by atoms with Crippen LogP contribution in [0.15, 0.2) is 15.2 Å². The second kappa shape index (κ2) is 2.46. The van der Waals surface area contributed by atoms with Crippen LogP contribution in [0.4, 0.5) is 0 Å². The van der Waals surface area contributed by atoms with Crippen molar-refractivity contribution >= 4 is 21.8 Å². The lowest BCUT2D eigenvalue weighted by Gasteiger charge is -1.87. The van der Waals surface area contributed by atoms with Gasteiger partial charge in [-0.25, -0.2) is 0 Å². The Morgan fingerprint density at radius 3 is 2.60 bits per heavy atom. The number of furan rings is 1. The second-order valence-corrected chi connectivity index (χ2v) is 2.71.